The van der Waals surface area contributed by atoms with Crippen molar-refractivity contribution in [2.24, 2.45) is 0 Å². The number of nitrogens with zero attached hydrogens (tertiary/aromatic N) is 2. The summed E-state index contributed by atoms with van der Waals surface area (Å²) in [6.07, 6.45) is 1.44. The van der Waals surface area contributed by atoms with Crippen LogP contribution in [0.2, 0.25) is 0 Å². The fraction of sp³-hybridized carbons (Fsp3) is 0.227. The van der Waals surface area contributed by atoms with E-state index in [0.717, 1.165) is 16.0 Å². The van der Waals surface area contributed by atoms with E-state index in [1.165, 1.54) is 22.2 Å². The fourth-order valence-electron chi connectivity index (χ4n) is 3.55. The van der Waals surface area contributed by atoms with Crippen molar-refractivity contribution in [3.8, 4) is 21.9 Å². The van der Waals surface area contributed by atoms with E-state index in [9.17, 15) is 9.59 Å². The topological polar surface area (TPSA) is 82.5 Å². The number of carbonyl (C=O) groups is 1. The average Bonchev–Trinajstić information content (AvgIpc) is 3.45. The normalized spacial score (nSPS) is 13.8. The van der Waals surface area contributed by atoms with Gasteiger partial charge in [-0.05, 0) is 36.1 Å². The van der Waals surface area contributed by atoms with E-state index in [1.807, 2.05) is 48.0 Å². The van der Waals surface area contributed by atoms with Gasteiger partial charge in [0.05, 0.1) is 17.8 Å². The molecule has 9 heteroatoms. The Balaban J connectivity index is 1.35. The van der Waals surface area contributed by atoms with Crippen LogP contribution in [-0.2, 0) is 11.3 Å². The lowest BCUT2D eigenvalue weighted by Crippen LogP contribution is -2.34. The first-order valence-corrected chi connectivity index (χ1v) is 11.6. The van der Waals surface area contributed by atoms with E-state index in [1.54, 1.807) is 11.3 Å². The van der Waals surface area contributed by atoms with Gasteiger partial charge in [0.15, 0.2) is 11.5 Å². The SMILES string of the molecule is C[C@@H](NC(=O)Cn1cnc2scc(-c3cccs3)c2c1=O)c1ccc2c(c1)OCCO2. The number of nitrogens with one attached hydrogen (secondary N) is 1. The first kappa shape index (κ1) is 19.8. The van der Waals surface area contributed by atoms with Crippen molar-refractivity contribution in [3.63, 3.8) is 0 Å². The summed E-state index contributed by atoms with van der Waals surface area (Å²) in [6, 6.07) is 9.29. The van der Waals surface area contributed by atoms with Gasteiger partial charge in [-0.15, -0.1) is 22.7 Å². The largest absolute Gasteiger partial charge is 0.486 e. The number of ether oxygens (including phenoxy) is 2. The fourth-order valence-corrected chi connectivity index (χ4v) is 5.27. The number of carbonyl (C=O) groups excluding carboxylic acids is 1. The average molecular weight is 454 g/mol. The third kappa shape index (κ3) is 3.82. The number of benzene rings is 1. The minimum Gasteiger partial charge on any atom is -0.486 e. The van der Waals surface area contributed by atoms with Gasteiger partial charge in [-0.25, -0.2) is 4.98 Å². The highest BCUT2D eigenvalue weighted by molar-refractivity contribution is 7.18. The summed E-state index contributed by atoms with van der Waals surface area (Å²) in [5, 5.41) is 7.42. The molecule has 0 spiro atoms. The number of hydrogen-bond donors (Lipinski definition) is 1. The van der Waals surface area contributed by atoms with Crippen LogP contribution in [0.3, 0.4) is 0 Å². The van der Waals surface area contributed by atoms with Crippen molar-refractivity contribution >= 4 is 38.8 Å². The predicted molar refractivity (Wildman–Crippen MR) is 121 cm³/mol. The van der Waals surface area contributed by atoms with Crippen LogP contribution in [0.1, 0.15) is 18.5 Å². The van der Waals surface area contributed by atoms with Crippen LogP contribution in [0.15, 0.2) is 52.2 Å². The van der Waals surface area contributed by atoms with Gasteiger partial charge in [-0.1, -0.05) is 12.1 Å². The minimum atomic E-state index is -0.265. The second kappa shape index (κ2) is 8.16. The second-order valence-corrected chi connectivity index (χ2v) is 8.98. The molecule has 4 heterocycles. The maximum absolute atomic E-state index is 13.1. The van der Waals surface area contributed by atoms with Gasteiger partial charge in [-0.3, -0.25) is 14.2 Å². The molecule has 158 valence electrons. The molecule has 3 aromatic heterocycles. The Bertz CT molecular complexity index is 1310. The Morgan fingerprint density at radius 3 is 2.87 bits per heavy atom. The molecule has 1 amide bonds. The van der Waals surface area contributed by atoms with Gasteiger partial charge in [0.2, 0.25) is 5.91 Å². The number of fused-ring (bicyclic) bond motifs is 2. The molecule has 1 atom stereocenters. The Hall–Kier alpha value is -3.17. The van der Waals surface area contributed by atoms with Crippen LogP contribution in [0.4, 0.5) is 0 Å². The lowest BCUT2D eigenvalue weighted by Gasteiger charge is -2.21. The Labute approximate surface area is 185 Å². The highest BCUT2D eigenvalue weighted by Crippen LogP contribution is 2.34. The molecule has 4 aromatic rings. The van der Waals surface area contributed by atoms with Gasteiger partial charge in [0, 0.05) is 15.8 Å². The summed E-state index contributed by atoms with van der Waals surface area (Å²) in [6.45, 7) is 2.83. The van der Waals surface area contributed by atoms with E-state index in [2.05, 4.69) is 10.3 Å². The quantitative estimate of drug-likeness (QED) is 0.497. The highest BCUT2D eigenvalue weighted by Gasteiger charge is 2.18. The summed E-state index contributed by atoms with van der Waals surface area (Å²) in [5.41, 5.74) is 1.56. The second-order valence-electron chi connectivity index (χ2n) is 7.18. The molecule has 0 saturated heterocycles. The zero-order valence-corrected chi connectivity index (χ0v) is 18.3. The molecule has 0 saturated carbocycles. The Morgan fingerprint density at radius 2 is 2.06 bits per heavy atom. The molecular weight excluding hydrogens is 434 g/mol. The molecule has 0 radical (unpaired) electrons. The molecular formula is C22H19N3O4S2. The Kier molecular flexibility index (Phi) is 5.21. The van der Waals surface area contributed by atoms with Gasteiger partial charge >= 0.3 is 0 Å². The van der Waals surface area contributed by atoms with Crippen LogP contribution in [-0.4, -0.2) is 28.7 Å². The van der Waals surface area contributed by atoms with Gasteiger partial charge in [0.25, 0.3) is 5.56 Å². The third-order valence-electron chi connectivity index (χ3n) is 5.11. The number of rotatable bonds is 5. The highest BCUT2D eigenvalue weighted by atomic mass is 32.1. The minimum absolute atomic E-state index is 0.101. The van der Waals surface area contributed by atoms with Crippen molar-refractivity contribution in [2.45, 2.75) is 19.5 Å². The van der Waals surface area contributed by atoms with E-state index in [0.29, 0.717) is 34.9 Å². The molecule has 1 aliphatic rings. The molecule has 0 fully saturated rings. The zero-order chi connectivity index (χ0) is 21.4. The van der Waals surface area contributed by atoms with Crippen LogP contribution < -0.4 is 20.3 Å². The van der Waals surface area contributed by atoms with Gasteiger partial charge in [-0.2, -0.15) is 0 Å². The van der Waals surface area contributed by atoms with Crippen LogP contribution in [0, 0.1) is 0 Å². The van der Waals surface area contributed by atoms with E-state index in [-0.39, 0.29) is 24.1 Å². The summed E-state index contributed by atoms with van der Waals surface area (Å²) >= 11 is 3.00. The molecule has 0 unspecified atom stereocenters. The molecule has 0 bridgehead atoms. The number of hydrogen-bond acceptors (Lipinski definition) is 7. The van der Waals surface area contributed by atoms with Crippen LogP contribution in [0.5, 0.6) is 11.5 Å². The van der Waals surface area contributed by atoms with E-state index in [4.69, 9.17) is 9.47 Å². The lowest BCUT2D eigenvalue weighted by atomic mass is 10.1. The van der Waals surface area contributed by atoms with Crippen molar-refractivity contribution in [3.05, 3.63) is 63.3 Å². The molecule has 1 aromatic carbocycles. The van der Waals surface area contributed by atoms with E-state index >= 15 is 0 Å². The molecule has 0 aliphatic carbocycles. The third-order valence-corrected chi connectivity index (χ3v) is 6.89. The van der Waals surface area contributed by atoms with Gasteiger partial charge in [0.1, 0.15) is 24.6 Å². The smallest absolute Gasteiger partial charge is 0.263 e. The maximum Gasteiger partial charge on any atom is 0.263 e. The van der Waals surface area contributed by atoms with E-state index < -0.39 is 0 Å². The monoisotopic (exact) mass is 453 g/mol. The first-order valence-electron chi connectivity index (χ1n) is 9.79. The van der Waals surface area contributed by atoms with Crippen molar-refractivity contribution in [1.29, 1.82) is 0 Å². The number of amides is 1. The zero-order valence-electron chi connectivity index (χ0n) is 16.7. The number of aromatic nitrogens is 2. The van der Waals surface area contributed by atoms with Crippen molar-refractivity contribution < 1.29 is 14.3 Å². The van der Waals surface area contributed by atoms with Crippen molar-refractivity contribution in [1.82, 2.24) is 14.9 Å². The molecule has 1 N–H and O–H groups in total. The first-order chi connectivity index (χ1) is 15.1. The molecule has 31 heavy (non-hydrogen) atoms. The summed E-state index contributed by atoms with van der Waals surface area (Å²) < 4.78 is 12.5. The molecule has 1 aliphatic heterocycles. The summed E-state index contributed by atoms with van der Waals surface area (Å²) in [7, 11) is 0. The summed E-state index contributed by atoms with van der Waals surface area (Å²) in [5.74, 6) is 1.12. The van der Waals surface area contributed by atoms with Crippen molar-refractivity contribution in [2.75, 3.05) is 13.2 Å². The van der Waals surface area contributed by atoms with Gasteiger partial charge < -0.3 is 14.8 Å². The Morgan fingerprint density at radius 1 is 1.23 bits per heavy atom. The molecule has 5 rings (SSSR count). The standard InChI is InChI=1S/C22H19N3O4S2/c1-13(14-4-5-16-17(9-14)29-7-6-28-16)24-19(26)10-25-12-23-21-20(22(25)27)15(11-31-21)18-3-2-8-30-18/h2-5,8-9,11-13H,6-7,10H2,1H3,(H,24,26)/t13-/m1/s1. The predicted octanol–water partition coefficient (Wildman–Crippen LogP) is 3.84. The summed E-state index contributed by atoms with van der Waals surface area (Å²) in [4.78, 5) is 31.8. The maximum atomic E-state index is 13.1. The van der Waals surface area contributed by atoms with Crippen LogP contribution >= 0.6 is 22.7 Å². The van der Waals surface area contributed by atoms with Crippen LogP contribution in [0.25, 0.3) is 20.7 Å². The molecule has 7 nitrogen and oxygen atoms in total. The lowest BCUT2D eigenvalue weighted by molar-refractivity contribution is -0.122. The number of thiophene rings is 2.